The smallest absolute Gasteiger partial charge is 0.175 e. The van der Waals surface area contributed by atoms with Gasteiger partial charge in [0, 0.05) is 24.5 Å². The second-order valence-electron chi connectivity index (χ2n) is 4.78. The average Bonchev–Trinajstić information content (AvgIpc) is 2.93. The molecule has 0 aliphatic carbocycles. The molecule has 1 fully saturated rings. The third kappa shape index (κ3) is 1.53. The van der Waals surface area contributed by atoms with Gasteiger partial charge in [-0.15, -0.1) is 5.10 Å². The van der Waals surface area contributed by atoms with E-state index in [2.05, 4.69) is 21.1 Å². The second kappa shape index (κ2) is 3.98. The Morgan fingerprint density at radius 2 is 2.00 bits per heavy atom. The molecule has 0 spiro atoms. The molecule has 2 aromatic rings. The van der Waals surface area contributed by atoms with Gasteiger partial charge >= 0.3 is 0 Å². The molecule has 5 nitrogen and oxygen atoms in total. The van der Waals surface area contributed by atoms with Crippen molar-refractivity contribution >= 4 is 11.5 Å². The van der Waals surface area contributed by atoms with Gasteiger partial charge in [0.25, 0.3) is 0 Å². The van der Waals surface area contributed by atoms with Crippen LogP contribution in [0.2, 0.25) is 0 Å². The Kier molecular flexibility index (Phi) is 2.44. The van der Waals surface area contributed by atoms with E-state index in [4.69, 9.17) is 0 Å². The molecule has 1 aliphatic rings. The standard InChI is InChI=1S/C13H15N5/c1-9-7-10(2)18-12(15-9)11(8-14)13(16-18)17-5-3-4-6-17/h7H,3-6H2,1-2H3. The van der Waals surface area contributed by atoms with Crippen molar-refractivity contribution in [1.82, 2.24) is 14.6 Å². The first-order chi connectivity index (χ1) is 8.70. The van der Waals surface area contributed by atoms with Crippen LogP contribution in [0.5, 0.6) is 0 Å². The molecule has 1 aliphatic heterocycles. The largest absolute Gasteiger partial charge is 0.354 e. The van der Waals surface area contributed by atoms with Crippen LogP contribution in [0.15, 0.2) is 6.07 Å². The van der Waals surface area contributed by atoms with E-state index in [9.17, 15) is 5.26 Å². The van der Waals surface area contributed by atoms with Gasteiger partial charge in [-0.2, -0.15) is 5.26 Å². The van der Waals surface area contributed by atoms with Crippen LogP contribution in [-0.2, 0) is 0 Å². The lowest BCUT2D eigenvalue weighted by Gasteiger charge is -2.13. The lowest BCUT2D eigenvalue weighted by molar-refractivity contribution is 0.850. The van der Waals surface area contributed by atoms with Gasteiger partial charge in [0.05, 0.1) is 0 Å². The van der Waals surface area contributed by atoms with E-state index in [-0.39, 0.29) is 0 Å². The minimum Gasteiger partial charge on any atom is -0.354 e. The number of rotatable bonds is 1. The summed E-state index contributed by atoms with van der Waals surface area (Å²) >= 11 is 0. The molecule has 3 heterocycles. The summed E-state index contributed by atoms with van der Waals surface area (Å²) in [6.07, 6.45) is 2.34. The Balaban J connectivity index is 2.27. The third-order valence-electron chi connectivity index (χ3n) is 3.39. The lowest BCUT2D eigenvalue weighted by Crippen LogP contribution is -2.19. The quantitative estimate of drug-likeness (QED) is 0.764. The molecule has 0 atom stereocenters. The molecule has 0 unspecified atom stereocenters. The topological polar surface area (TPSA) is 57.2 Å². The van der Waals surface area contributed by atoms with Crippen molar-refractivity contribution in [3.05, 3.63) is 23.0 Å². The first-order valence-electron chi connectivity index (χ1n) is 6.23. The Labute approximate surface area is 106 Å². The van der Waals surface area contributed by atoms with Gasteiger partial charge < -0.3 is 4.90 Å². The number of anilines is 1. The van der Waals surface area contributed by atoms with Crippen molar-refractivity contribution in [2.24, 2.45) is 0 Å². The molecule has 0 radical (unpaired) electrons. The highest BCUT2D eigenvalue weighted by Gasteiger charge is 2.22. The van der Waals surface area contributed by atoms with Gasteiger partial charge in [0.15, 0.2) is 11.5 Å². The van der Waals surface area contributed by atoms with Gasteiger partial charge in [-0.25, -0.2) is 9.50 Å². The van der Waals surface area contributed by atoms with Crippen molar-refractivity contribution in [2.75, 3.05) is 18.0 Å². The molecular weight excluding hydrogens is 226 g/mol. The molecule has 3 rings (SSSR count). The molecule has 0 amide bonds. The lowest BCUT2D eigenvalue weighted by atomic mass is 10.3. The highest BCUT2D eigenvalue weighted by Crippen LogP contribution is 2.26. The van der Waals surface area contributed by atoms with Crippen LogP contribution in [0.3, 0.4) is 0 Å². The van der Waals surface area contributed by atoms with Crippen LogP contribution < -0.4 is 4.90 Å². The Bertz CT molecular complexity index is 643. The van der Waals surface area contributed by atoms with E-state index in [1.54, 1.807) is 4.52 Å². The first kappa shape index (κ1) is 11.0. The van der Waals surface area contributed by atoms with Gasteiger partial charge in [0.2, 0.25) is 0 Å². The minimum absolute atomic E-state index is 0.601. The monoisotopic (exact) mass is 241 g/mol. The minimum atomic E-state index is 0.601. The molecule has 2 aromatic heterocycles. The zero-order valence-corrected chi connectivity index (χ0v) is 10.6. The number of nitrogens with zero attached hydrogens (tertiary/aromatic N) is 5. The fourth-order valence-corrected chi connectivity index (χ4v) is 2.56. The van der Waals surface area contributed by atoms with E-state index in [1.165, 1.54) is 12.8 Å². The second-order valence-corrected chi connectivity index (χ2v) is 4.78. The number of aryl methyl sites for hydroxylation is 2. The predicted molar refractivity (Wildman–Crippen MR) is 68.6 cm³/mol. The molecule has 5 heteroatoms. The summed E-state index contributed by atoms with van der Waals surface area (Å²) in [4.78, 5) is 6.63. The Morgan fingerprint density at radius 3 is 2.67 bits per heavy atom. The Morgan fingerprint density at radius 1 is 1.28 bits per heavy atom. The fourth-order valence-electron chi connectivity index (χ4n) is 2.56. The molecule has 0 saturated carbocycles. The van der Waals surface area contributed by atoms with Gasteiger partial charge in [-0.05, 0) is 32.8 Å². The molecule has 1 saturated heterocycles. The van der Waals surface area contributed by atoms with Crippen LogP contribution in [0, 0.1) is 25.2 Å². The molecule has 0 N–H and O–H groups in total. The third-order valence-corrected chi connectivity index (χ3v) is 3.39. The number of fused-ring (bicyclic) bond motifs is 1. The zero-order chi connectivity index (χ0) is 12.7. The summed E-state index contributed by atoms with van der Waals surface area (Å²) in [6.45, 7) is 5.90. The van der Waals surface area contributed by atoms with Crippen molar-refractivity contribution in [3.8, 4) is 6.07 Å². The molecule has 0 bridgehead atoms. The first-order valence-corrected chi connectivity index (χ1v) is 6.23. The molecular formula is C13H15N5. The predicted octanol–water partition coefficient (Wildman–Crippen LogP) is 1.82. The average molecular weight is 241 g/mol. The number of nitriles is 1. The van der Waals surface area contributed by atoms with Crippen molar-refractivity contribution in [3.63, 3.8) is 0 Å². The highest BCUT2D eigenvalue weighted by molar-refractivity contribution is 5.69. The zero-order valence-electron chi connectivity index (χ0n) is 10.6. The maximum atomic E-state index is 9.38. The van der Waals surface area contributed by atoms with E-state index >= 15 is 0 Å². The maximum Gasteiger partial charge on any atom is 0.175 e. The maximum absolute atomic E-state index is 9.38. The number of hydrogen-bond donors (Lipinski definition) is 0. The van der Waals surface area contributed by atoms with Crippen LogP contribution >= 0.6 is 0 Å². The van der Waals surface area contributed by atoms with Gasteiger partial charge in [-0.1, -0.05) is 0 Å². The van der Waals surface area contributed by atoms with Crippen molar-refractivity contribution in [1.29, 1.82) is 5.26 Å². The fraction of sp³-hybridized carbons (Fsp3) is 0.462. The van der Waals surface area contributed by atoms with Crippen LogP contribution in [0.4, 0.5) is 5.82 Å². The molecule has 18 heavy (non-hydrogen) atoms. The SMILES string of the molecule is Cc1cc(C)n2nc(N3CCCC3)c(C#N)c2n1. The Hall–Kier alpha value is -2.09. The van der Waals surface area contributed by atoms with E-state index in [1.807, 2.05) is 19.9 Å². The number of hydrogen-bond acceptors (Lipinski definition) is 4. The summed E-state index contributed by atoms with van der Waals surface area (Å²) in [5.41, 5.74) is 3.21. The number of aromatic nitrogens is 3. The van der Waals surface area contributed by atoms with Crippen LogP contribution in [-0.4, -0.2) is 27.7 Å². The highest BCUT2D eigenvalue weighted by atomic mass is 15.3. The van der Waals surface area contributed by atoms with Gasteiger partial charge in [-0.3, -0.25) is 0 Å². The van der Waals surface area contributed by atoms with Crippen LogP contribution in [0.1, 0.15) is 29.8 Å². The van der Waals surface area contributed by atoms with Crippen molar-refractivity contribution in [2.45, 2.75) is 26.7 Å². The summed E-state index contributed by atoms with van der Waals surface area (Å²) < 4.78 is 1.78. The summed E-state index contributed by atoms with van der Waals surface area (Å²) in [6, 6.07) is 4.24. The van der Waals surface area contributed by atoms with Gasteiger partial charge in [0.1, 0.15) is 11.6 Å². The normalized spacial score (nSPS) is 15.3. The van der Waals surface area contributed by atoms with Crippen molar-refractivity contribution < 1.29 is 0 Å². The summed E-state index contributed by atoms with van der Waals surface area (Å²) in [5, 5.41) is 13.9. The molecule has 92 valence electrons. The van der Waals surface area contributed by atoms with E-state index in [0.29, 0.717) is 11.2 Å². The molecule has 0 aromatic carbocycles. The van der Waals surface area contributed by atoms with E-state index in [0.717, 1.165) is 30.3 Å². The van der Waals surface area contributed by atoms with Crippen LogP contribution in [0.25, 0.3) is 5.65 Å². The summed E-state index contributed by atoms with van der Waals surface area (Å²) in [7, 11) is 0. The van der Waals surface area contributed by atoms with E-state index < -0.39 is 0 Å². The summed E-state index contributed by atoms with van der Waals surface area (Å²) in [5.74, 6) is 0.788.